The van der Waals surface area contributed by atoms with Crippen molar-refractivity contribution >= 4 is 0 Å². The SMILES string of the molecule is COc1ccccc1C(CN)OCCC1CC1. The van der Waals surface area contributed by atoms with Crippen LogP contribution in [-0.2, 0) is 4.74 Å². The molecular weight excluding hydrogens is 214 g/mol. The van der Waals surface area contributed by atoms with Crippen molar-refractivity contribution in [3.63, 3.8) is 0 Å². The largest absolute Gasteiger partial charge is 0.496 e. The summed E-state index contributed by atoms with van der Waals surface area (Å²) in [7, 11) is 1.68. The van der Waals surface area contributed by atoms with E-state index in [9.17, 15) is 0 Å². The van der Waals surface area contributed by atoms with Gasteiger partial charge in [0.25, 0.3) is 0 Å². The summed E-state index contributed by atoms with van der Waals surface area (Å²) < 4.78 is 11.2. The molecule has 3 nitrogen and oxygen atoms in total. The molecule has 0 aliphatic heterocycles. The van der Waals surface area contributed by atoms with Crippen LogP contribution in [0.3, 0.4) is 0 Å². The fourth-order valence-electron chi connectivity index (χ4n) is 2.00. The summed E-state index contributed by atoms with van der Waals surface area (Å²) >= 11 is 0. The summed E-state index contributed by atoms with van der Waals surface area (Å²) in [5.74, 6) is 1.75. The first-order valence-electron chi connectivity index (χ1n) is 6.29. The predicted octanol–water partition coefficient (Wildman–Crippen LogP) is 2.51. The second-order valence-corrected chi connectivity index (χ2v) is 4.57. The van der Waals surface area contributed by atoms with E-state index in [4.69, 9.17) is 15.2 Å². The first-order chi connectivity index (χ1) is 8.35. The fourth-order valence-corrected chi connectivity index (χ4v) is 2.00. The van der Waals surface area contributed by atoms with E-state index < -0.39 is 0 Å². The van der Waals surface area contributed by atoms with E-state index in [1.807, 2.05) is 24.3 Å². The molecule has 0 spiro atoms. The summed E-state index contributed by atoms with van der Waals surface area (Å²) in [6, 6.07) is 7.92. The van der Waals surface area contributed by atoms with Crippen molar-refractivity contribution in [1.29, 1.82) is 0 Å². The van der Waals surface area contributed by atoms with Crippen LogP contribution in [-0.4, -0.2) is 20.3 Å². The summed E-state index contributed by atoms with van der Waals surface area (Å²) in [5, 5.41) is 0. The number of ether oxygens (including phenoxy) is 2. The van der Waals surface area contributed by atoms with E-state index in [1.54, 1.807) is 7.11 Å². The Balaban J connectivity index is 1.94. The maximum absolute atomic E-state index is 5.87. The van der Waals surface area contributed by atoms with Gasteiger partial charge < -0.3 is 15.2 Å². The number of rotatable bonds is 7. The summed E-state index contributed by atoms with van der Waals surface area (Å²) in [4.78, 5) is 0. The molecule has 0 aromatic heterocycles. The highest BCUT2D eigenvalue weighted by atomic mass is 16.5. The zero-order chi connectivity index (χ0) is 12.1. The molecule has 1 aliphatic carbocycles. The topological polar surface area (TPSA) is 44.5 Å². The first kappa shape index (κ1) is 12.4. The Morgan fingerprint density at radius 2 is 2.12 bits per heavy atom. The highest BCUT2D eigenvalue weighted by molar-refractivity contribution is 5.35. The minimum absolute atomic E-state index is 0.0510. The van der Waals surface area contributed by atoms with Gasteiger partial charge in [0, 0.05) is 18.7 Å². The molecule has 0 radical (unpaired) electrons. The van der Waals surface area contributed by atoms with E-state index >= 15 is 0 Å². The molecule has 0 amide bonds. The molecular formula is C14H21NO2. The van der Waals surface area contributed by atoms with E-state index in [2.05, 4.69) is 0 Å². The molecule has 1 aromatic carbocycles. The monoisotopic (exact) mass is 235 g/mol. The molecule has 0 saturated heterocycles. The van der Waals surface area contributed by atoms with Crippen LogP contribution in [0.15, 0.2) is 24.3 Å². The molecule has 1 saturated carbocycles. The van der Waals surface area contributed by atoms with Crippen molar-refractivity contribution in [1.82, 2.24) is 0 Å². The van der Waals surface area contributed by atoms with Crippen LogP contribution in [0.4, 0.5) is 0 Å². The molecule has 1 unspecified atom stereocenters. The van der Waals surface area contributed by atoms with Crippen LogP contribution < -0.4 is 10.5 Å². The Hall–Kier alpha value is -1.06. The van der Waals surface area contributed by atoms with E-state index in [0.717, 1.165) is 30.3 Å². The molecule has 1 fully saturated rings. The van der Waals surface area contributed by atoms with Crippen LogP contribution in [0.5, 0.6) is 5.75 Å². The van der Waals surface area contributed by atoms with Gasteiger partial charge in [0.05, 0.1) is 13.2 Å². The molecule has 1 aromatic rings. The van der Waals surface area contributed by atoms with Crippen molar-refractivity contribution in [3.05, 3.63) is 29.8 Å². The minimum atomic E-state index is -0.0510. The smallest absolute Gasteiger partial charge is 0.124 e. The van der Waals surface area contributed by atoms with Gasteiger partial charge in [-0.2, -0.15) is 0 Å². The van der Waals surface area contributed by atoms with Gasteiger partial charge in [0.15, 0.2) is 0 Å². The Labute approximate surface area is 103 Å². The average molecular weight is 235 g/mol. The molecule has 0 bridgehead atoms. The predicted molar refractivity (Wildman–Crippen MR) is 68.1 cm³/mol. The van der Waals surface area contributed by atoms with Crippen molar-refractivity contribution < 1.29 is 9.47 Å². The van der Waals surface area contributed by atoms with Crippen LogP contribution in [0.1, 0.15) is 30.9 Å². The summed E-state index contributed by atoms with van der Waals surface area (Å²) in [6.45, 7) is 1.29. The van der Waals surface area contributed by atoms with Gasteiger partial charge in [-0.15, -0.1) is 0 Å². The lowest BCUT2D eigenvalue weighted by atomic mass is 10.1. The number of para-hydroxylation sites is 1. The van der Waals surface area contributed by atoms with Gasteiger partial charge in [-0.05, 0) is 18.4 Å². The summed E-state index contributed by atoms with van der Waals surface area (Å²) in [6.07, 6.45) is 3.84. The first-order valence-corrected chi connectivity index (χ1v) is 6.29. The molecule has 0 heterocycles. The molecule has 94 valence electrons. The highest BCUT2D eigenvalue weighted by Gasteiger charge is 2.22. The number of methoxy groups -OCH3 is 1. The van der Waals surface area contributed by atoms with Gasteiger partial charge >= 0.3 is 0 Å². The van der Waals surface area contributed by atoms with Crippen LogP contribution in [0.2, 0.25) is 0 Å². The van der Waals surface area contributed by atoms with Crippen molar-refractivity contribution in [2.24, 2.45) is 11.7 Å². The standard InChI is InChI=1S/C14H21NO2/c1-16-13-5-3-2-4-12(13)14(10-15)17-9-8-11-6-7-11/h2-5,11,14H,6-10,15H2,1H3. The maximum atomic E-state index is 5.87. The van der Waals surface area contributed by atoms with E-state index in [0.29, 0.717) is 6.54 Å². The third-order valence-electron chi connectivity index (χ3n) is 3.24. The number of hydrogen-bond donors (Lipinski definition) is 1. The van der Waals surface area contributed by atoms with Gasteiger partial charge in [0.2, 0.25) is 0 Å². The second-order valence-electron chi connectivity index (χ2n) is 4.57. The lowest BCUT2D eigenvalue weighted by Crippen LogP contribution is -2.17. The zero-order valence-electron chi connectivity index (χ0n) is 10.4. The summed E-state index contributed by atoms with van der Waals surface area (Å²) in [5.41, 5.74) is 6.83. The number of nitrogens with two attached hydrogens (primary N) is 1. The van der Waals surface area contributed by atoms with E-state index in [1.165, 1.54) is 12.8 Å². The molecule has 1 aliphatic rings. The number of benzene rings is 1. The lowest BCUT2D eigenvalue weighted by molar-refractivity contribution is 0.0529. The molecule has 2 N–H and O–H groups in total. The van der Waals surface area contributed by atoms with Gasteiger partial charge in [-0.1, -0.05) is 31.0 Å². The number of hydrogen-bond acceptors (Lipinski definition) is 3. The van der Waals surface area contributed by atoms with Gasteiger partial charge in [-0.3, -0.25) is 0 Å². The molecule has 3 heteroatoms. The van der Waals surface area contributed by atoms with Crippen LogP contribution in [0.25, 0.3) is 0 Å². The van der Waals surface area contributed by atoms with Crippen LogP contribution >= 0.6 is 0 Å². The van der Waals surface area contributed by atoms with Gasteiger partial charge in [-0.25, -0.2) is 0 Å². The third kappa shape index (κ3) is 3.45. The molecule has 17 heavy (non-hydrogen) atoms. The Kier molecular flexibility index (Phi) is 4.40. The normalized spacial score (nSPS) is 16.8. The molecule has 2 rings (SSSR count). The lowest BCUT2D eigenvalue weighted by Gasteiger charge is -2.18. The van der Waals surface area contributed by atoms with Crippen LogP contribution in [0, 0.1) is 5.92 Å². The fraction of sp³-hybridized carbons (Fsp3) is 0.571. The quantitative estimate of drug-likeness (QED) is 0.789. The Morgan fingerprint density at radius 1 is 1.35 bits per heavy atom. The Bertz CT molecular complexity index is 350. The third-order valence-corrected chi connectivity index (χ3v) is 3.24. The van der Waals surface area contributed by atoms with E-state index in [-0.39, 0.29) is 6.10 Å². The van der Waals surface area contributed by atoms with Crippen molar-refractivity contribution in [3.8, 4) is 5.75 Å². The Morgan fingerprint density at radius 3 is 2.76 bits per heavy atom. The second kappa shape index (κ2) is 6.03. The van der Waals surface area contributed by atoms with Crippen molar-refractivity contribution in [2.75, 3.05) is 20.3 Å². The average Bonchev–Trinajstić information content (AvgIpc) is 3.19. The zero-order valence-corrected chi connectivity index (χ0v) is 10.4. The highest BCUT2D eigenvalue weighted by Crippen LogP contribution is 2.33. The molecule has 1 atom stereocenters. The van der Waals surface area contributed by atoms with Crippen molar-refractivity contribution in [2.45, 2.75) is 25.4 Å². The van der Waals surface area contributed by atoms with Gasteiger partial charge in [0.1, 0.15) is 5.75 Å². The maximum Gasteiger partial charge on any atom is 0.124 e. The minimum Gasteiger partial charge on any atom is -0.496 e.